The lowest BCUT2D eigenvalue weighted by Gasteiger charge is -2.25. The molecule has 2 amide bonds. The summed E-state index contributed by atoms with van der Waals surface area (Å²) in [6, 6.07) is 15.1. The number of amidine groups is 1. The van der Waals surface area contributed by atoms with Crippen molar-refractivity contribution in [2.24, 2.45) is 16.3 Å². The molecule has 2 aliphatic heterocycles. The first-order chi connectivity index (χ1) is 18.0. The van der Waals surface area contributed by atoms with Crippen LogP contribution in [-0.4, -0.2) is 52.6 Å². The molecule has 0 unspecified atom stereocenters. The van der Waals surface area contributed by atoms with E-state index in [1.54, 1.807) is 30.9 Å². The second-order valence-electron chi connectivity index (χ2n) is 11.8. The van der Waals surface area contributed by atoms with E-state index in [0.717, 1.165) is 35.6 Å². The van der Waals surface area contributed by atoms with E-state index in [1.807, 2.05) is 36.1 Å². The van der Waals surface area contributed by atoms with Crippen LogP contribution < -0.4 is 0 Å². The molecule has 0 aromatic heterocycles. The molecule has 1 saturated heterocycles. The third-order valence-electron chi connectivity index (χ3n) is 8.29. The van der Waals surface area contributed by atoms with Crippen LogP contribution in [0.4, 0.5) is 8.78 Å². The maximum atomic E-state index is 15.6. The number of aliphatic imine (C=N–C) groups is 1. The number of hydrogen-bond acceptors (Lipinski definition) is 3. The second-order valence-corrected chi connectivity index (χ2v) is 11.8. The molecule has 0 N–H and O–H groups in total. The topological polar surface area (TPSA) is 53.0 Å². The molecule has 6 rings (SSSR count). The van der Waals surface area contributed by atoms with Gasteiger partial charge in [-0.2, -0.15) is 0 Å². The molecule has 3 aliphatic rings. The molecule has 0 radical (unpaired) electrons. The molecule has 2 fully saturated rings. The van der Waals surface area contributed by atoms with Crippen molar-refractivity contribution in [2.45, 2.75) is 45.6 Å². The predicted octanol–water partition coefficient (Wildman–Crippen LogP) is 5.80. The van der Waals surface area contributed by atoms with Crippen LogP contribution in [0.5, 0.6) is 0 Å². The van der Waals surface area contributed by atoms with Crippen molar-refractivity contribution >= 4 is 28.4 Å². The Balaban J connectivity index is 1.25. The summed E-state index contributed by atoms with van der Waals surface area (Å²) >= 11 is 0. The summed E-state index contributed by atoms with van der Waals surface area (Å²) in [6.07, 6.45) is 2.69. The quantitative estimate of drug-likeness (QED) is 0.431. The Morgan fingerprint density at radius 1 is 0.974 bits per heavy atom. The van der Waals surface area contributed by atoms with Gasteiger partial charge in [-0.25, -0.2) is 8.78 Å². The normalized spacial score (nSPS) is 21.8. The highest BCUT2D eigenvalue weighted by Gasteiger charge is 2.49. The third kappa shape index (κ3) is 4.28. The molecule has 196 valence electrons. The molecule has 2 heterocycles. The molecule has 0 spiro atoms. The maximum Gasteiger partial charge on any atom is 0.255 e. The smallest absolute Gasteiger partial charge is 0.255 e. The Morgan fingerprint density at radius 3 is 2.39 bits per heavy atom. The van der Waals surface area contributed by atoms with Crippen LogP contribution in [0.15, 0.2) is 59.6 Å². The number of benzene rings is 3. The summed E-state index contributed by atoms with van der Waals surface area (Å²) < 4.78 is 29.2. The van der Waals surface area contributed by atoms with Gasteiger partial charge in [-0.15, -0.1) is 0 Å². The molecule has 38 heavy (non-hydrogen) atoms. The molecule has 1 saturated carbocycles. The highest BCUT2D eigenvalue weighted by atomic mass is 19.1. The fraction of sp³-hybridized carbons (Fsp3) is 0.387. The molecule has 1 aliphatic carbocycles. The van der Waals surface area contributed by atoms with Gasteiger partial charge in [0, 0.05) is 25.0 Å². The molecule has 3 aromatic carbocycles. The monoisotopic (exact) mass is 515 g/mol. The molecule has 1 atom stereocenters. The van der Waals surface area contributed by atoms with Crippen molar-refractivity contribution in [1.29, 1.82) is 0 Å². The minimum absolute atomic E-state index is 0.120. The second kappa shape index (κ2) is 8.72. The lowest BCUT2D eigenvalue weighted by Crippen LogP contribution is -2.43. The van der Waals surface area contributed by atoms with Gasteiger partial charge in [-0.05, 0) is 91.3 Å². The van der Waals surface area contributed by atoms with Gasteiger partial charge >= 0.3 is 0 Å². The zero-order valence-corrected chi connectivity index (χ0v) is 21.9. The predicted molar refractivity (Wildman–Crippen MR) is 144 cm³/mol. The van der Waals surface area contributed by atoms with Gasteiger partial charge in [0.25, 0.3) is 5.91 Å². The number of carbonyl (C=O) groups excluding carboxylic acids is 2. The fourth-order valence-electron chi connectivity index (χ4n) is 5.65. The number of halogens is 2. The van der Waals surface area contributed by atoms with Crippen LogP contribution in [-0.2, 0) is 9.59 Å². The fourth-order valence-corrected chi connectivity index (χ4v) is 5.65. The number of hydrogen-bond donors (Lipinski definition) is 0. The largest absolute Gasteiger partial charge is 0.342 e. The summed E-state index contributed by atoms with van der Waals surface area (Å²) in [4.78, 5) is 34.3. The summed E-state index contributed by atoms with van der Waals surface area (Å²) in [6.45, 7) is 7.22. The molecule has 5 nitrogen and oxygen atoms in total. The number of amides is 2. The third-order valence-corrected chi connectivity index (χ3v) is 8.29. The van der Waals surface area contributed by atoms with Crippen molar-refractivity contribution in [2.75, 3.05) is 19.6 Å². The number of nitrogens with zero attached hydrogens (tertiary/aromatic N) is 3. The van der Waals surface area contributed by atoms with Crippen molar-refractivity contribution in [3.8, 4) is 11.1 Å². The average Bonchev–Trinajstić information content (AvgIpc) is 3.39. The first-order valence-electron chi connectivity index (χ1n) is 13.2. The van der Waals surface area contributed by atoms with Crippen LogP contribution in [0, 0.1) is 23.0 Å². The minimum Gasteiger partial charge on any atom is -0.342 e. The van der Waals surface area contributed by atoms with Crippen LogP contribution in [0.25, 0.3) is 21.9 Å². The van der Waals surface area contributed by atoms with E-state index in [2.05, 4.69) is 4.99 Å². The Morgan fingerprint density at radius 2 is 1.66 bits per heavy atom. The lowest BCUT2D eigenvalue weighted by molar-refractivity contribution is -0.135. The first-order valence-corrected chi connectivity index (χ1v) is 13.2. The highest BCUT2D eigenvalue weighted by molar-refractivity contribution is 6.15. The summed E-state index contributed by atoms with van der Waals surface area (Å²) in [5, 5.41) is 1.65. The van der Waals surface area contributed by atoms with Crippen LogP contribution >= 0.6 is 0 Å². The Hall–Kier alpha value is -3.61. The van der Waals surface area contributed by atoms with Crippen LogP contribution in [0.1, 0.15) is 45.6 Å². The van der Waals surface area contributed by atoms with E-state index < -0.39 is 11.4 Å². The average molecular weight is 516 g/mol. The number of fused-ring (bicyclic) bond motifs is 1. The van der Waals surface area contributed by atoms with E-state index in [9.17, 15) is 14.0 Å². The number of rotatable bonds is 5. The van der Waals surface area contributed by atoms with E-state index in [0.29, 0.717) is 31.0 Å². The summed E-state index contributed by atoms with van der Waals surface area (Å²) in [5.74, 6) is -0.236. The van der Waals surface area contributed by atoms with Crippen molar-refractivity contribution in [1.82, 2.24) is 9.80 Å². The Kier molecular flexibility index (Phi) is 5.67. The molecule has 0 bridgehead atoms. The van der Waals surface area contributed by atoms with Crippen molar-refractivity contribution in [3.63, 3.8) is 0 Å². The molecular formula is C31H31F2N3O2. The van der Waals surface area contributed by atoms with E-state index in [-0.39, 0.29) is 34.5 Å². The van der Waals surface area contributed by atoms with Crippen molar-refractivity contribution in [3.05, 3.63) is 71.8 Å². The van der Waals surface area contributed by atoms with Gasteiger partial charge in [-0.1, -0.05) is 31.2 Å². The van der Waals surface area contributed by atoms with Crippen LogP contribution in [0.3, 0.4) is 0 Å². The van der Waals surface area contributed by atoms with Gasteiger partial charge in [0.05, 0.1) is 5.56 Å². The zero-order valence-electron chi connectivity index (χ0n) is 21.9. The molecule has 3 aromatic rings. The van der Waals surface area contributed by atoms with Gasteiger partial charge < -0.3 is 4.90 Å². The number of likely N-dealkylation sites (tertiary alicyclic amines) is 1. The Bertz CT molecular complexity index is 1510. The maximum absolute atomic E-state index is 15.6. The lowest BCUT2D eigenvalue weighted by atomic mass is 9.99. The minimum atomic E-state index is -0.982. The first kappa shape index (κ1) is 24.7. The van der Waals surface area contributed by atoms with Gasteiger partial charge in [0.15, 0.2) is 0 Å². The zero-order chi connectivity index (χ0) is 26.8. The molecule has 7 heteroatoms. The van der Waals surface area contributed by atoms with E-state index >= 15 is 4.39 Å². The summed E-state index contributed by atoms with van der Waals surface area (Å²) in [7, 11) is 0. The van der Waals surface area contributed by atoms with Gasteiger partial charge in [-0.3, -0.25) is 19.5 Å². The van der Waals surface area contributed by atoms with E-state index in [4.69, 9.17) is 0 Å². The van der Waals surface area contributed by atoms with Gasteiger partial charge in [0.2, 0.25) is 5.91 Å². The molecular weight excluding hydrogens is 484 g/mol. The number of carbonyl (C=O) groups is 2. The highest BCUT2D eigenvalue weighted by Crippen LogP contribution is 2.47. The van der Waals surface area contributed by atoms with E-state index in [1.165, 1.54) is 18.2 Å². The SMILES string of the molecule is CC1(C(=O)N2CC[C@@H](CN3C(=O)C(C)(C)N=C3c3ccc(-c4ccc5cc(F)ccc5c4)cc3F)C2)CC1. The Labute approximate surface area is 221 Å². The standard InChI is InChI=1S/C31H31F2N3O2/c1-30(2)28(37)36(18-19-10-13-35(17-19)29(38)31(3)11-12-31)27(34-30)25-9-7-23(16-26(25)33)20-4-5-22-15-24(32)8-6-21(22)14-20/h4-9,14-16,19H,10-13,17-18H2,1-3H3/t19-/m1/s1. The summed E-state index contributed by atoms with van der Waals surface area (Å²) in [5.41, 5.74) is 0.595. The van der Waals surface area contributed by atoms with Crippen LogP contribution in [0.2, 0.25) is 0 Å². The van der Waals surface area contributed by atoms with Crippen molar-refractivity contribution < 1.29 is 18.4 Å². The van der Waals surface area contributed by atoms with Gasteiger partial charge in [0.1, 0.15) is 23.0 Å².